The van der Waals surface area contributed by atoms with Crippen molar-refractivity contribution < 1.29 is 34.1 Å². The first kappa shape index (κ1) is 40.4. The molecule has 0 fully saturated rings. The predicted molar refractivity (Wildman–Crippen MR) is 177 cm³/mol. The van der Waals surface area contributed by atoms with Crippen LogP contribution in [0.5, 0.6) is 5.75 Å². The quantitative estimate of drug-likeness (QED) is 0.111. The van der Waals surface area contributed by atoms with Gasteiger partial charge in [-0.3, -0.25) is 19.2 Å². The van der Waals surface area contributed by atoms with Crippen LogP contribution in [0.4, 0.5) is 5.69 Å². The van der Waals surface area contributed by atoms with Crippen LogP contribution >= 0.6 is 0 Å². The molecule has 0 aliphatic heterocycles. The van der Waals surface area contributed by atoms with Gasteiger partial charge in [-0.25, -0.2) is 0 Å². The molecule has 11 nitrogen and oxygen atoms in total. The molecule has 3 aromatic rings. The van der Waals surface area contributed by atoms with E-state index in [0.717, 1.165) is 55.5 Å². The summed E-state index contributed by atoms with van der Waals surface area (Å²) < 4.78 is 4.93. The van der Waals surface area contributed by atoms with E-state index in [4.69, 9.17) is 32.2 Å². The molecule has 0 saturated carbocycles. The Morgan fingerprint density at radius 1 is 0.867 bits per heavy atom. The number of aldehydes is 1. The van der Waals surface area contributed by atoms with E-state index in [1.807, 2.05) is 25.1 Å². The maximum atomic E-state index is 11.2. The van der Waals surface area contributed by atoms with Crippen LogP contribution in [0.15, 0.2) is 78.9 Å². The van der Waals surface area contributed by atoms with E-state index in [9.17, 15) is 19.2 Å². The summed E-state index contributed by atoms with van der Waals surface area (Å²) in [5.74, 6) is -1.01. The Balaban J connectivity index is 0.000000582. The average Bonchev–Trinajstić information content (AvgIpc) is 3.03. The number of aliphatic carboxylic acids is 2. The van der Waals surface area contributed by atoms with Crippen LogP contribution in [0.2, 0.25) is 0 Å². The maximum Gasteiger partial charge on any atom is 0.320 e. The van der Waals surface area contributed by atoms with Crippen molar-refractivity contribution in [2.24, 2.45) is 17.2 Å². The highest BCUT2D eigenvalue weighted by atomic mass is 16.5. The summed E-state index contributed by atoms with van der Waals surface area (Å²) in [6.07, 6.45) is 5.34. The monoisotopic (exact) mass is 624 g/mol. The molecule has 0 aromatic heterocycles. The lowest BCUT2D eigenvalue weighted by atomic mass is 10.1. The number of rotatable bonds is 14. The minimum absolute atomic E-state index is 0.00588. The first-order chi connectivity index (χ1) is 21.6. The summed E-state index contributed by atoms with van der Waals surface area (Å²) in [5, 5.41) is 19.5. The maximum absolute atomic E-state index is 11.2. The van der Waals surface area contributed by atoms with E-state index in [-0.39, 0.29) is 12.3 Å². The summed E-state index contributed by atoms with van der Waals surface area (Å²) >= 11 is 0. The SMILES string of the molecule is CCCC(=O)Nc1ccc(C=O)cc1.COc1ccc(CC(=O)O)cc1.NCCCCC(N)C(=O)O.NCCc1ccccc1. The van der Waals surface area contributed by atoms with Gasteiger partial charge in [0.15, 0.2) is 0 Å². The molecule has 3 aromatic carbocycles. The van der Waals surface area contributed by atoms with Gasteiger partial charge in [-0.15, -0.1) is 0 Å². The van der Waals surface area contributed by atoms with Crippen molar-refractivity contribution in [3.8, 4) is 5.75 Å². The van der Waals surface area contributed by atoms with Crippen molar-refractivity contribution in [3.63, 3.8) is 0 Å². The third-order valence-corrected chi connectivity index (χ3v) is 5.88. The third-order valence-electron chi connectivity index (χ3n) is 5.88. The van der Waals surface area contributed by atoms with E-state index < -0.39 is 18.0 Å². The number of ether oxygens (including phenoxy) is 1. The van der Waals surface area contributed by atoms with Crippen molar-refractivity contribution in [3.05, 3.63) is 95.6 Å². The van der Waals surface area contributed by atoms with E-state index in [2.05, 4.69) is 17.4 Å². The normalized spacial score (nSPS) is 10.2. The van der Waals surface area contributed by atoms with Gasteiger partial charge in [-0.2, -0.15) is 0 Å². The average molecular weight is 625 g/mol. The molecule has 1 amide bonds. The van der Waals surface area contributed by atoms with Crippen LogP contribution in [-0.4, -0.2) is 60.6 Å². The fourth-order valence-corrected chi connectivity index (χ4v) is 3.46. The van der Waals surface area contributed by atoms with Gasteiger partial charge in [-0.05, 0) is 86.3 Å². The molecule has 246 valence electrons. The molecule has 0 heterocycles. The van der Waals surface area contributed by atoms with Gasteiger partial charge in [0, 0.05) is 17.7 Å². The molecule has 0 radical (unpaired) electrons. The second kappa shape index (κ2) is 25.9. The Bertz CT molecular complexity index is 1220. The lowest BCUT2D eigenvalue weighted by Gasteiger charge is -2.03. The first-order valence-electron chi connectivity index (χ1n) is 14.7. The molecular weight excluding hydrogens is 576 g/mol. The summed E-state index contributed by atoms with van der Waals surface area (Å²) in [6, 6.07) is 23.3. The zero-order chi connectivity index (χ0) is 33.9. The van der Waals surface area contributed by atoms with Crippen LogP contribution in [0, 0.1) is 0 Å². The summed E-state index contributed by atoms with van der Waals surface area (Å²) in [6.45, 7) is 3.30. The van der Waals surface area contributed by atoms with Crippen molar-refractivity contribution >= 4 is 29.8 Å². The van der Waals surface area contributed by atoms with Gasteiger partial charge in [0.25, 0.3) is 0 Å². The number of unbranched alkanes of at least 4 members (excludes halogenated alkanes) is 1. The zero-order valence-corrected chi connectivity index (χ0v) is 26.2. The Hall–Kier alpha value is -4.58. The number of hydrogen-bond acceptors (Lipinski definition) is 8. The molecule has 0 aliphatic carbocycles. The molecule has 1 atom stereocenters. The van der Waals surface area contributed by atoms with E-state index >= 15 is 0 Å². The molecule has 0 aliphatic rings. The fraction of sp³-hybridized carbons (Fsp3) is 0.353. The Morgan fingerprint density at radius 2 is 1.49 bits per heavy atom. The zero-order valence-electron chi connectivity index (χ0n) is 26.2. The van der Waals surface area contributed by atoms with Gasteiger partial charge in [-0.1, -0.05) is 55.8 Å². The molecule has 0 spiro atoms. The van der Waals surface area contributed by atoms with Gasteiger partial charge < -0.3 is 37.5 Å². The molecule has 0 saturated heterocycles. The van der Waals surface area contributed by atoms with Crippen molar-refractivity contribution in [1.82, 2.24) is 0 Å². The number of amides is 1. The van der Waals surface area contributed by atoms with Crippen LogP contribution < -0.4 is 27.3 Å². The summed E-state index contributed by atoms with van der Waals surface area (Å²) in [5.41, 5.74) is 19.2. The van der Waals surface area contributed by atoms with Crippen molar-refractivity contribution in [2.75, 3.05) is 25.5 Å². The molecule has 9 N–H and O–H groups in total. The highest BCUT2D eigenvalue weighted by Crippen LogP contribution is 2.11. The number of carboxylic acids is 2. The van der Waals surface area contributed by atoms with Gasteiger partial charge in [0.2, 0.25) is 5.91 Å². The first-order valence-corrected chi connectivity index (χ1v) is 14.7. The molecule has 1 unspecified atom stereocenters. The fourth-order valence-electron chi connectivity index (χ4n) is 3.46. The number of carbonyl (C=O) groups is 4. The van der Waals surface area contributed by atoms with Crippen molar-refractivity contribution in [2.45, 2.75) is 57.9 Å². The van der Waals surface area contributed by atoms with Crippen LogP contribution in [0.25, 0.3) is 0 Å². The largest absolute Gasteiger partial charge is 0.497 e. The molecular formula is C34H48N4O7. The minimum atomic E-state index is -0.933. The van der Waals surface area contributed by atoms with Gasteiger partial charge in [0.05, 0.1) is 13.5 Å². The lowest BCUT2D eigenvalue weighted by molar-refractivity contribution is -0.139. The minimum Gasteiger partial charge on any atom is -0.497 e. The predicted octanol–water partition coefficient (Wildman–Crippen LogP) is 4.28. The van der Waals surface area contributed by atoms with E-state index in [0.29, 0.717) is 24.9 Å². The molecule has 0 bridgehead atoms. The number of nitrogens with two attached hydrogens (primary N) is 3. The van der Waals surface area contributed by atoms with Crippen LogP contribution in [0.3, 0.4) is 0 Å². The standard InChI is InChI=1S/C11H13NO2.C9H10O3.C8H11N.C6H14N2O2/c1-2-3-11(14)12-10-6-4-9(8-13)5-7-10;1-12-8-4-2-7(3-5-8)6-9(10)11;9-7-6-8-4-2-1-3-5-8;7-4-2-1-3-5(8)6(9)10/h4-8H,2-3H2,1H3,(H,12,14);2-5H,6H2,1H3,(H,10,11);1-5H,6-7,9H2;5H,1-4,7-8H2,(H,9,10). The van der Waals surface area contributed by atoms with E-state index in [1.165, 1.54) is 5.56 Å². The number of hydrogen-bond donors (Lipinski definition) is 6. The lowest BCUT2D eigenvalue weighted by Crippen LogP contribution is -2.29. The number of benzene rings is 3. The Morgan fingerprint density at radius 3 is 1.96 bits per heavy atom. The molecule has 45 heavy (non-hydrogen) atoms. The van der Waals surface area contributed by atoms with Crippen LogP contribution in [0.1, 0.15) is 60.5 Å². The smallest absolute Gasteiger partial charge is 0.320 e. The van der Waals surface area contributed by atoms with Crippen molar-refractivity contribution in [1.29, 1.82) is 0 Å². The highest BCUT2D eigenvalue weighted by molar-refractivity contribution is 5.91. The number of carbonyl (C=O) groups excluding carboxylic acids is 2. The second-order valence-electron chi connectivity index (χ2n) is 9.71. The van der Waals surface area contributed by atoms with Gasteiger partial charge >= 0.3 is 11.9 Å². The number of anilines is 1. The molecule has 11 heteroatoms. The number of nitrogens with one attached hydrogen (secondary N) is 1. The summed E-state index contributed by atoms with van der Waals surface area (Å²) in [4.78, 5) is 42.0. The topological polar surface area (TPSA) is 208 Å². The van der Waals surface area contributed by atoms with Gasteiger partial charge in [0.1, 0.15) is 18.1 Å². The van der Waals surface area contributed by atoms with E-state index in [1.54, 1.807) is 55.6 Å². The summed E-state index contributed by atoms with van der Waals surface area (Å²) in [7, 11) is 1.58. The Kier molecular flexibility index (Phi) is 23.2. The molecule has 3 rings (SSSR count). The second-order valence-corrected chi connectivity index (χ2v) is 9.71. The number of methoxy groups -OCH3 is 1. The highest BCUT2D eigenvalue weighted by Gasteiger charge is 2.09. The van der Waals surface area contributed by atoms with Crippen LogP contribution in [-0.2, 0) is 27.2 Å². The Labute approximate surface area is 265 Å². The number of carboxylic acid groups (broad SMARTS) is 2. The third kappa shape index (κ3) is 21.7.